The fourth-order valence-corrected chi connectivity index (χ4v) is 5.32. The Hall–Kier alpha value is -1.83. The van der Waals surface area contributed by atoms with Gasteiger partial charge in [0.1, 0.15) is 5.75 Å². The number of hydrogen-bond donors (Lipinski definition) is 0. The molecule has 2 aromatic rings. The lowest BCUT2D eigenvalue weighted by Gasteiger charge is -2.35. The van der Waals surface area contributed by atoms with Gasteiger partial charge in [-0.15, -0.1) is 24.8 Å². The third kappa shape index (κ3) is 4.54. The maximum Gasteiger partial charge on any atom is 0.173 e. The summed E-state index contributed by atoms with van der Waals surface area (Å²) in [6, 6.07) is 11.9. The molecule has 2 heterocycles. The molecule has 0 saturated carbocycles. The van der Waals surface area contributed by atoms with E-state index in [0.29, 0.717) is 37.8 Å². The number of nitrogens with zero attached hydrogens (tertiary/aromatic N) is 2. The van der Waals surface area contributed by atoms with Crippen molar-refractivity contribution in [3.05, 3.63) is 81.1 Å². The summed E-state index contributed by atoms with van der Waals surface area (Å²) < 4.78 is 5.49. The van der Waals surface area contributed by atoms with E-state index in [4.69, 9.17) is 27.9 Å². The Labute approximate surface area is 206 Å². The van der Waals surface area contributed by atoms with Crippen molar-refractivity contribution in [1.29, 1.82) is 0 Å². The number of aliphatic imine (C=N–C) groups is 1. The maximum atomic E-state index is 12.0. The van der Waals surface area contributed by atoms with Crippen LogP contribution < -0.4 is 9.84 Å². The van der Waals surface area contributed by atoms with Crippen molar-refractivity contribution in [3.63, 3.8) is 0 Å². The van der Waals surface area contributed by atoms with Crippen molar-refractivity contribution < 1.29 is 14.6 Å². The van der Waals surface area contributed by atoms with Gasteiger partial charge in [0.15, 0.2) is 5.17 Å². The number of benzene rings is 2. The van der Waals surface area contributed by atoms with E-state index in [1.165, 1.54) is 11.8 Å². The fourth-order valence-electron chi connectivity index (χ4n) is 3.47. The molecule has 2 aliphatic heterocycles. The van der Waals surface area contributed by atoms with Crippen LogP contribution in [0.1, 0.15) is 24.1 Å². The van der Waals surface area contributed by atoms with Gasteiger partial charge in [0, 0.05) is 33.5 Å². The van der Waals surface area contributed by atoms with E-state index in [-0.39, 0.29) is 30.4 Å². The van der Waals surface area contributed by atoms with E-state index in [2.05, 4.69) is 4.99 Å². The molecule has 164 valence electrons. The Balaban J connectivity index is 0.00000171. The molecule has 0 fully saturated rings. The van der Waals surface area contributed by atoms with Crippen LogP contribution in [0.15, 0.2) is 64.9 Å². The first kappa shape index (κ1) is 25.4. The molecule has 0 bridgehead atoms. The number of aliphatic carboxylic acids is 1. The monoisotopic (exact) mass is 517 g/mol. The number of thioether (sulfide) groups is 1. The zero-order valence-electron chi connectivity index (χ0n) is 16.3. The molecular weight excluding hydrogens is 502 g/mol. The lowest BCUT2D eigenvalue weighted by Crippen LogP contribution is -2.38. The van der Waals surface area contributed by atoms with Crippen LogP contribution in [-0.2, 0) is 4.79 Å². The first-order valence-electron chi connectivity index (χ1n) is 8.68. The Kier molecular flexibility index (Phi) is 8.36. The number of hydrogen-bond acceptors (Lipinski definition) is 6. The molecule has 10 heteroatoms. The van der Waals surface area contributed by atoms with Gasteiger partial charge < -0.3 is 19.5 Å². The van der Waals surface area contributed by atoms with Gasteiger partial charge in [-0.3, -0.25) is 0 Å². The summed E-state index contributed by atoms with van der Waals surface area (Å²) in [5, 5.41) is 13.7. The van der Waals surface area contributed by atoms with E-state index in [1.54, 1.807) is 43.2 Å². The van der Waals surface area contributed by atoms with Crippen LogP contribution in [0.2, 0.25) is 10.0 Å². The highest BCUT2D eigenvalue weighted by atomic mass is 35.5. The summed E-state index contributed by atoms with van der Waals surface area (Å²) in [6.07, 6.45) is 1.82. The minimum atomic E-state index is -1.27. The molecule has 0 saturated heterocycles. The number of allylic oxidation sites excluding steroid dienone is 1. The van der Waals surface area contributed by atoms with Crippen LogP contribution in [0.25, 0.3) is 4.91 Å². The zero-order chi connectivity index (χ0) is 20.7. The van der Waals surface area contributed by atoms with Crippen LogP contribution in [-0.4, -0.2) is 23.1 Å². The molecule has 1 unspecified atom stereocenters. The number of carboxylic acids is 1. The van der Waals surface area contributed by atoms with Crippen LogP contribution >= 0.6 is 59.8 Å². The average molecular weight is 519 g/mol. The highest BCUT2D eigenvalue weighted by Crippen LogP contribution is 2.49. The molecule has 31 heavy (non-hydrogen) atoms. The van der Waals surface area contributed by atoms with E-state index < -0.39 is 12.0 Å². The van der Waals surface area contributed by atoms with Crippen molar-refractivity contribution in [2.24, 2.45) is 4.99 Å². The SMILES string of the molecule is COc1ccccc1C1C(C(=O)[O-])=C(C)N=C2SC(c3c(Cl)cccc3Cl)=CN21.Cl.Cl. The Morgan fingerprint density at radius 3 is 2.39 bits per heavy atom. The maximum absolute atomic E-state index is 12.0. The first-order valence-corrected chi connectivity index (χ1v) is 10.3. The number of para-hydroxylation sites is 1. The number of ether oxygens (including phenoxy) is 1. The molecule has 0 N–H and O–H groups in total. The average Bonchev–Trinajstić information content (AvgIpc) is 3.09. The third-order valence-electron chi connectivity index (χ3n) is 4.75. The van der Waals surface area contributed by atoms with E-state index in [1.807, 2.05) is 24.4 Å². The second-order valence-electron chi connectivity index (χ2n) is 6.42. The molecule has 5 nitrogen and oxygen atoms in total. The lowest BCUT2D eigenvalue weighted by atomic mass is 9.94. The van der Waals surface area contributed by atoms with Crippen LogP contribution in [0.3, 0.4) is 0 Å². The Morgan fingerprint density at radius 2 is 1.77 bits per heavy atom. The second kappa shape index (κ2) is 10.2. The number of halogens is 4. The summed E-state index contributed by atoms with van der Waals surface area (Å²) in [4.78, 5) is 19.1. The van der Waals surface area contributed by atoms with Crippen molar-refractivity contribution in [2.45, 2.75) is 13.0 Å². The summed E-state index contributed by atoms with van der Waals surface area (Å²) >= 11 is 14.2. The Bertz CT molecular complexity index is 1100. The van der Waals surface area contributed by atoms with E-state index in [9.17, 15) is 9.90 Å². The molecular formula is C21H17Cl4N2O3S-. The fraction of sp³-hybridized carbons (Fsp3) is 0.143. The highest BCUT2D eigenvalue weighted by Gasteiger charge is 2.38. The van der Waals surface area contributed by atoms with Crippen molar-refractivity contribution in [3.8, 4) is 5.75 Å². The van der Waals surface area contributed by atoms with Crippen molar-refractivity contribution >= 4 is 75.8 Å². The predicted octanol–water partition coefficient (Wildman–Crippen LogP) is 5.33. The largest absolute Gasteiger partial charge is 0.545 e. The normalized spacial score (nSPS) is 17.2. The predicted molar refractivity (Wildman–Crippen MR) is 129 cm³/mol. The first-order chi connectivity index (χ1) is 13.9. The smallest absolute Gasteiger partial charge is 0.173 e. The van der Waals surface area contributed by atoms with Gasteiger partial charge >= 0.3 is 0 Å². The molecule has 0 amide bonds. The number of fused-ring (bicyclic) bond motifs is 1. The van der Waals surface area contributed by atoms with Crippen molar-refractivity contribution in [1.82, 2.24) is 4.90 Å². The van der Waals surface area contributed by atoms with Gasteiger partial charge in [-0.05, 0) is 36.9 Å². The zero-order valence-corrected chi connectivity index (χ0v) is 20.3. The lowest BCUT2D eigenvalue weighted by molar-refractivity contribution is -0.300. The minimum absolute atomic E-state index is 0. The van der Waals surface area contributed by atoms with Crippen LogP contribution in [0, 0.1) is 0 Å². The molecule has 1 atom stereocenters. The van der Waals surface area contributed by atoms with E-state index >= 15 is 0 Å². The molecule has 0 radical (unpaired) electrons. The highest BCUT2D eigenvalue weighted by molar-refractivity contribution is 8.22. The van der Waals surface area contributed by atoms with Crippen LogP contribution in [0.5, 0.6) is 5.75 Å². The molecule has 2 aliphatic rings. The quantitative estimate of drug-likeness (QED) is 0.547. The van der Waals surface area contributed by atoms with Gasteiger partial charge in [-0.2, -0.15) is 0 Å². The standard InChI is InChI=1S/C21H16Cl2N2O3S.2ClH/c1-11-17(20(26)27)19(12-6-3-4-9-15(12)28-2)25-10-16(29-21(25)24-11)18-13(22)7-5-8-14(18)23;;/h3-10,19H,1-2H3,(H,26,27);2*1H/p-1. The topological polar surface area (TPSA) is 65.0 Å². The molecule has 0 aliphatic carbocycles. The second-order valence-corrected chi connectivity index (χ2v) is 8.25. The van der Waals surface area contributed by atoms with Gasteiger partial charge in [0.05, 0.1) is 29.2 Å². The van der Waals surface area contributed by atoms with Gasteiger partial charge in [0.2, 0.25) is 0 Å². The van der Waals surface area contributed by atoms with Gasteiger partial charge in [-0.25, -0.2) is 4.99 Å². The summed E-state index contributed by atoms with van der Waals surface area (Å²) in [6.45, 7) is 1.67. The molecule has 2 aromatic carbocycles. The summed E-state index contributed by atoms with van der Waals surface area (Å²) in [5.74, 6) is -0.697. The number of methoxy groups -OCH3 is 1. The Morgan fingerprint density at radius 1 is 1.13 bits per heavy atom. The molecule has 0 aromatic heterocycles. The number of amidine groups is 1. The molecule has 0 spiro atoms. The third-order valence-corrected chi connectivity index (χ3v) is 6.39. The summed E-state index contributed by atoms with van der Waals surface area (Å²) in [7, 11) is 1.55. The number of rotatable bonds is 4. The minimum Gasteiger partial charge on any atom is -0.545 e. The van der Waals surface area contributed by atoms with Crippen molar-refractivity contribution in [2.75, 3.05) is 7.11 Å². The summed E-state index contributed by atoms with van der Waals surface area (Å²) in [5.41, 5.74) is 1.86. The van der Waals surface area contributed by atoms with Gasteiger partial charge in [0.25, 0.3) is 0 Å². The van der Waals surface area contributed by atoms with E-state index in [0.717, 1.165) is 4.91 Å². The number of carbonyl (C=O) groups is 1. The van der Waals surface area contributed by atoms with Crippen LogP contribution in [0.4, 0.5) is 0 Å². The molecule has 4 rings (SSSR count). The number of carbonyl (C=O) groups excluding carboxylic acids is 1. The number of carboxylic acid groups (broad SMARTS) is 1. The van der Waals surface area contributed by atoms with Gasteiger partial charge in [-0.1, -0.05) is 47.5 Å².